The maximum atomic E-state index is 12.1. The Balaban J connectivity index is 0.00000729. The van der Waals surface area contributed by atoms with Gasteiger partial charge in [0.1, 0.15) is 12.4 Å². The minimum atomic E-state index is 0. The monoisotopic (exact) mass is 506 g/mol. The number of carbonyl (C=O) groups excluding carboxylic acids is 1. The van der Waals surface area contributed by atoms with E-state index >= 15 is 0 Å². The summed E-state index contributed by atoms with van der Waals surface area (Å²) in [7, 11) is 1.65. The standard InChI is InChI=1S/C20H34N4O3.HI/c1-5-21-20(22-12-11-19(25)24(6-2)7-3)23-16-17-9-8-10-18(15-17)27-14-13-26-4;/h8-10,15H,5-7,11-14,16H2,1-4H3,(H2,21,22,23);1H. The first kappa shape index (κ1) is 26.4. The van der Waals surface area contributed by atoms with Gasteiger partial charge in [-0.3, -0.25) is 4.79 Å². The van der Waals surface area contributed by atoms with E-state index in [9.17, 15) is 4.79 Å². The van der Waals surface area contributed by atoms with Crippen LogP contribution in [0.5, 0.6) is 5.75 Å². The highest BCUT2D eigenvalue weighted by Crippen LogP contribution is 2.14. The number of nitrogens with zero attached hydrogens (tertiary/aromatic N) is 2. The van der Waals surface area contributed by atoms with Crippen molar-refractivity contribution in [1.82, 2.24) is 15.5 Å². The van der Waals surface area contributed by atoms with Gasteiger partial charge < -0.3 is 25.0 Å². The molecular weight excluding hydrogens is 471 g/mol. The molecule has 0 spiro atoms. The molecule has 0 saturated heterocycles. The van der Waals surface area contributed by atoms with Crippen LogP contribution in [0.4, 0.5) is 0 Å². The van der Waals surface area contributed by atoms with E-state index in [0.29, 0.717) is 38.7 Å². The summed E-state index contributed by atoms with van der Waals surface area (Å²) in [6.45, 7) is 10.4. The Morgan fingerprint density at radius 2 is 1.89 bits per heavy atom. The van der Waals surface area contributed by atoms with Gasteiger partial charge in [0.15, 0.2) is 5.96 Å². The van der Waals surface area contributed by atoms with Crippen LogP contribution >= 0.6 is 24.0 Å². The summed E-state index contributed by atoms with van der Waals surface area (Å²) in [5.41, 5.74) is 1.06. The molecule has 0 bridgehead atoms. The largest absolute Gasteiger partial charge is 0.491 e. The summed E-state index contributed by atoms with van der Waals surface area (Å²) in [5, 5.41) is 6.43. The fourth-order valence-electron chi connectivity index (χ4n) is 2.51. The van der Waals surface area contributed by atoms with Crippen molar-refractivity contribution in [3.63, 3.8) is 0 Å². The van der Waals surface area contributed by atoms with Crippen molar-refractivity contribution < 1.29 is 14.3 Å². The first-order valence-corrected chi connectivity index (χ1v) is 9.65. The van der Waals surface area contributed by atoms with Crippen molar-refractivity contribution in [2.24, 2.45) is 4.99 Å². The molecule has 0 radical (unpaired) electrons. The maximum Gasteiger partial charge on any atom is 0.224 e. The summed E-state index contributed by atoms with van der Waals surface area (Å²) in [4.78, 5) is 18.5. The fourth-order valence-corrected chi connectivity index (χ4v) is 2.51. The molecule has 7 nitrogen and oxygen atoms in total. The van der Waals surface area contributed by atoms with Gasteiger partial charge in [0.25, 0.3) is 0 Å². The highest BCUT2D eigenvalue weighted by molar-refractivity contribution is 14.0. The second-order valence-electron chi connectivity index (χ2n) is 5.93. The van der Waals surface area contributed by atoms with Crippen LogP contribution in [0.15, 0.2) is 29.3 Å². The van der Waals surface area contributed by atoms with Crippen molar-refractivity contribution in [3.8, 4) is 5.75 Å². The van der Waals surface area contributed by atoms with Crippen molar-refractivity contribution in [3.05, 3.63) is 29.8 Å². The molecule has 28 heavy (non-hydrogen) atoms. The number of rotatable bonds is 12. The van der Waals surface area contributed by atoms with Gasteiger partial charge in [-0.05, 0) is 38.5 Å². The molecule has 0 atom stereocenters. The van der Waals surface area contributed by atoms with Gasteiger partial charge in [0, 0.05) is 39.7 Å². The number of nitrogens with one attached hydrogen (secondary N) is 2. The van der Waals surface area contributed by atoms with Crippen LogP contribution in [0, 0.1) is 0 Å². The van der Waals surface area contributed by atoms with E-state index in [4.69, 9.17) is 9.47 Å². The third-order valence-electron chi connectivity index (χ3n) is 3.97. The number of hydrogen-bond acceptors (Lipinski definition) is 4. The molecule has 160 valence electrons. The normalized spacial score (nSPS) is 10.8. The first-order chi connectivity index (χ1) is 13.1. The van der Waals surface area contributed by atoms with E-state index in [1.165, 1.54) is 0 Å². The zero-order chi connectivity index (χ0) is 19.9. The molecule has 0 aromatic heterocycles. The van der Waals surface area contributed by atoms with Gasteiger partial charge >= 0.3 is 0 Å². The smallest absolute Gasteiger partial charge is 0.224 e. The molecule has 0 aliphatic heterocycles. The molecule has 8 heteroatoms. The second kappa shape index (κ2) is 16.4. The number of guanidine groups is 1. The third kappa shape index (κ3) is 10.7. The topological polar surface area (TPSA) is 75.2 Å². The molecule has 0 aliphatic carbocycles. The van der Waals surface area contributed by atoms with Gasteiger partial charge in [0.05, 0.1) is 13.2 Å². The molecule has 1 aromatic carbocycles. The quantitative estimate of drug-likeness (QED) is 0.197. The Morgan fingerprint density at radius 1 is 1.14 bits per heavy atom. The lowest BCUT2D eigenvalue weighted by atomic mass is 10.2. The SMILES string of the molecule is CCNC(=NCc1cccc(OCCOC)c1)NCCC(=O)N(CC)CC.I. The third-order valence-corrected chi connectivity index (χ3v) is 3.97. The Hall–Kier alpha value is -1.55. The molecule has 0 aliphatic rings. The number of halogens is 1. The van der Waals surface area contributed by atoms with Gasteiger partial charge in [-0.2, -0.15) is 0 Å². The molecule has 0 heterocycles. The number of benzene rings is 1. The summed E-state index contributed by atoms with van der Waals surface area (Å²) >= 11 is 0. The van der Waals surface area contributed by atoms with Crippen LogP contribution in [0.25, 0.3) is 0 Å². The molecule has 0 saturated carbocycles. The number of methoxy groups -OCH3 is 1. The van der Waals surface area contributed by atoms with E-state index in [-0.39, 0.29) is 29.9 Å². The lowest BCUT2D eigenvalue weighted by molar-refractivity contribution is -0.130. The Bertz CT molecular complexity index is 580. The Labute approximate surface area is 186 Å². The van der Waals surface area contributed by atoms with Crippen molar-refractivity contribution >= 4 is 35.8 Å². The molecule has 1 amide bonds. The minimum Gasteiger partial charge on any atom is -0.491 e. The van der Waals surface area contributed by atoms with Crippen LogP contribution in [0.1, 0.15) is 32.8 Å². The number of hydrogen-bond donors (Lipinski definition) is 2. The summed E-state index contributed by atoms with van der Waals surface area (Å²) < 4.78 is 10.6. The Kier molecular flexibility index (Phi) is 15.5. The lowest BCUT2D eigenvalue weighted by Crippen LogP contribution is -2.40. The number of carbonyl (C=O) groups is 1. The summed E-state index contributed by atoms with van der Waals surface area (Å²) in [5.74, 6) is 1.67. The zero-order valence-electron chi connectivity index (χ0n) is 17.5. The van der Waals surface area contributed by atoms with Crippen LogP contribution in [0.2, 0.25) is 0 Å². The fraction of sp³-hybridized carbons (Fsp3) is 0.600. The summed E-state index contributed by atoms with van der Waals surface area (Å²) in [6.07, 6.45) is 0.453. The minimum absolute atomic E-state index is 0. The van der Waals surface area contributed by atoms with Crippen molar-refractivity contribution in [2.75, 3.05) is 46.5 Å². The van der Waals surface area contributed by atoms with E-state index in [2.05, 4.69) is 15.6 Å². The predicted octanol–water partition coefficient (Wildman–Crippen LogP) is 2.64. The van der Waals surface area contributed by atoms with Crippen molar-refractivity contribution in [2.45, 2.75) is 33.7 Å². The molecular formula is C20H35IN4O3. The molecule has 0 fully saturated rings. The van der Waals surface area contributed by atoms with Gasteiger partial charge in [-0.1, -0.05) is 12.1 Å². The van der Waals surface area contributed by atoms with Gasteiger partial charge in [-0.25, -0.2) is 4.99 Å². The predicted molar refractivity (Wildman–Crippen MR) is 125 cm³/mol. The molecule has 0 unspecified atom stereocenters. The molecule has 1 aromatic rings. The second-order valence-corrected chi connectivity index (χ2v) is 5.93. The summed E-state index contributed by atoms with van der Waals surface area (Å²) in [6, 6.07) is 7.87. The highest BCUT2D eigenvalue weighted by Gasteiger charge is 2.09. The number of ether oxygens (including phenoxy) is 2. The molecule has 1 rings (SSSR count). The van der Waals surface area contributed by atoms with Gasteiger partial charge in [-0.15, -0.1) is 24.0 Å². The van der Waals surface area contributed by atoms with E-state index in [0.717, 1.165) is 30.9 Å². The average Bonchev–Trinajstić information content (AvgIpc) is 2.67. The van der Waals surface area contributed by atoms with E-state index in [1.807, 2.05) is 49.9 Å². The lowest BCUT2D eigenvalue weighted by Gasteiger charge is -2.19. The van der Waals surface area contributed by atoms with Crippen LogP contribution in [-0.4, -0.2) is 63.3 Å². The first-order valence-electron chi connectivity index (χ1n) is 9.65. The number of aliphatic imine (C=N–C) groups is 1. The Morgan fingerprint density at radius 3 is 2.54 bits per heavy atom. The van der Waals surface area contributed by atoms with Crippen LogP contribution < -0.4 is 15.4 Å². The average molecular weight is 506 g/mol. The van der Waals surface area contributed by atoms with Gasteiger partial charge in [0.2, 0.25) is 5.91 Å². The highest BCUT2D eigenvalue weighted by atomic mass is 127. The zero-order valence-corrected chi connectivity index (χ0v) is 19.8. The van der Waals surface area contributed by atoms with E-state index < -0.39 is 0 Å². The van der Waals surface area contributed by atoms with Crippen molar-refractivity contribution in [1.29, 1.82) is 0 Å². The van der Waals surface area contributed by atoms with Crippen LogP contribution in [0.3, 0.4) is 0 Å². The van der Waals surface area contributed by atoms with E-state index in [1.54, 1.807) is 7.11 Å². The number of amides is 1. The van der Waals surface area contributed by atoms with Crippen LogP contribution in [-0.2, 0) is 16.1 Å². The molecule has 2 N–H and O–H groups in total. The maximum absolute atomic E-state index is 12.1.